The third kappa shape index (κ3) is 5.46. The predicted molar refractivity (Wildman–Crippen MR) is 73.1 cm³/mol. The number of hydrogen-bond donors (Lipinski definition) is 2. The Morgan fingerprint density at radius 1 is 1.42 bits per heavy atom. The van der Waals surface area contributed by atoms with Gasteiger partial charge in [-0.3, -0.25) is 4.79 Å². The molecule has 0 aliphatic heterocycles. The van der Waals surface area contributed by atoms with E-state index in [2.05, 4.69) is 17.3 Å². The van der Waals surface area contributed by atoms with Crippen LogP contribution in [-0.2, 0) is 4.79 Å². The number of urea groups is 1. The fourth-order valence-corrected chi connectivity index (χ4v) is 1.91. The van der Waals surface area contributed by atoms with E-state index in [1.807, 2.05) is 6.92 Å². The van der Waals surface area contributed by atoms with E-state index < -0.39 is 11.9 Å². The highest BCUT2D eigenvalue weighted by Crippen LogP contribution is 2.24. The molecular weight excluding hydrogens is 246 g/mol. The average molecular weight is 271 g/mol. The predicted octanol–water partition coefficient (Wildman–Crippen LogP) is 0.833. The summed E-state index contributed by atoms with van der Waals surface area (Å²) in [7, 11) is 2.06. The minimum absolute atomic E-state index is 0.181. The maximum atomic E-state index is 11.9. The van der Waals surface area contributed by atoms with E-state index >= 15 is 0 Å². The van der Waals surface area contributed by atoms with Gasteiger partial charge in [0, 0.05) is 32.2 Å². The van der Waals surface area contributed by atoms with Crippen molar-refractivity contribution in [1.82, 2.24) is 15.1 Å². The summed E-state index contributed by atoms with van der Waals surface area (Å²) in [6.07, 6.45) is 2.50. The molecule has 0 saturated heterocycles. The van der Waals surface area contributed by atoms with Gasteiger partial charge in [-0.05, 0) is 26.8 Å². The molecule has 6 nitrogen and oxygen atoms in total. The molecule has 1 fully saturated rings. The van der Waals surface area contributed by atoms with E-state index in [9.17, 15) is 9.59 Å². The molecule has 1 unspecified atom stereocenters. The molecule has 0 aromatic rings. The van der Waals surface area contributed by atoms with E-state index in [1.165, 1.54) is 17.7 Å². The first-order valence-electron chi connectivity index (χ1n) is 6.91. The number of hydrogen-bond acceptors (Lipinski definition) is 3. The van der Waals surface area contributed by atoms with Crippen molar-refractivity contribution in [3.8, 4) is 0 Å². The van der Waals surface area contributed by atoms with Gasteiger partial charge in [0.25, 0.3) is 0 Å². The summed E-state index contributed by atoms with van der Waals surface area (Å²) < 4.78 is 0. The van der Waals surface area contributed by atoms with E-state index in [4.69, 9.17) is 5.11 Å². The summed E-state index contributed by atoms with van der Waals surface area (Å²) in [5.41, 5.74) is 0. The van der Waals surface area contributed by atoms with Crippen molar-refractivity contribution in [2.45, 2.75) is 32.7 Å². The van der Waals surface area contributed by atoms with Crippen LogP contribution < -0.4 is 5.32 Å². The monoisotopic (exact) mass is 271 g/mol. The molecular formula is C13H25N3O3. The first-order chi connectivity index (χ1) is 8.95. The van der Waals surface area contributed by atoms with Gasteiger partial charge in [0.1, 0.15) is 0 Å². The number of carbonyl (C=O) groups is 2. The van der Waals surface area contributed by atoms with Gasteiger partial charge in [-0.15, -0.1) is 0 Å². The SMILES string of the molecule is CCN(CC(C)C(=O)O)C(=O)NCCN(C)C1CC1. The first-order valence-corrected chi connectivity index (χ1v) is 6.91. The molecule has 2 N–H and O–H groups in total. The highest BCUT2D eigenvalue weighted by molar-refractivity contribution is 5.75. The number of carboxylic acids is 1. The van der Waals surface area contributed by atoms with Crippen LogP contribution >= 0.6 is 0 Å². The summed E-state index contributed by atoms with van der Waals surface area (Å²) in [5, 5.41) is 11.7. The van der Waals surface area contributed by atoms with Crippen molar-refractivity contribution in [2.24, 2.45) is 5.92 Å². The van der Waals surface area contributed by atoms with Crippen molar-refractivity contribution < 1.29 is 14.7 Å². The molecule has 0 spiro atoms. The van der Waals surface area contributed by atoms with Crippen LogP contribution in [0.25, 0.3) is 0 Å². The fraction of sp³-hybridized carbons (Fsp3) is 0.846. The lowest BCUT2D eigenvalue weighted by molar-refractivity contribution is -0.141. The normalized spacial score (nSPS) is 16.2. The lowest BCUT2D eigenvalue weighted by atomic mass is 10.2. The number of carbonyl (C=O) groups excluding carboxylic acids is 1. The highest BCUT2D eigenvalue weighted by atomic mass is 16.4. The minimum Gasteiger partial charge on any atom is -0.481 e. The Bertz CT molecular complexity index is 318. The average Bonchev–Trinajstić information content (AvgIpc) is 3.19. The minimum atomic E-state index is -0.875. The molecule has 0 heterocycles. The Kier molecular flexibility index (Phi) is 6.08. The highest BCUT2D eigenvalue weighted by Gasteiger charge is 2.25. The van der Waals surface area contributed by atoms with Gasteiger partial charge in [0.2, 0.25) is 0 Å². The molecule has 1 atom stereocenters. The Morgan fingerprint density at radius 2 is 2.05 bits per heavy atom. The Balaban J connectivity index is 2.26. The molecule has 1 rings (SSSR count). The van der Waals surface area contributed by atoms with E-state index in [0.717, 1.165) is 6.54 Å². The number of carboxylic acid groups (broad SMARTS) is 1. The molecule has 19 heavy (non-hydrogen) atoms. The quantitative estimate of drug-likeness (QED) is 0.686. The van der Waals surface area contributed by atoms with Crippen LogP contribution in [-0.4, -0.2) is 66.2 Å². The Labute approximate surface area is 114 Å². The summed E-state index contributed by atoms with van der Waals surface area (Å²) in [5.74, 6) is -1.42. The second kappa shape index (κ2) is 7.33. The molecule has 1 saturated carbocycles. The molecule has 2 amide bonds. The standard InChI is InChI=1S/C13H25N3O3/c1-4-16(9-10(2)12(17)18)13(19)14-7-8-15(3)11-5-6-11/h10-11H,4-9H2,1-3H3,(H,14,19)(H,17,18). The summed E-state index contributed by atoms with van der Waals surface area (Å²) in [4.78, 5) is 26.5. The lowest BCUT2D eigenvalue weighted by Crippen LogP contribution is -2.45. The van der Waals surface area contributed by atoms with Gasteiger partial charge in [-0.1, -0.05) is 6.92 Å². The van der Waals surface area contributed by atoms with Gasteiger partial charge in [0.05, 0.1) is 5.92 Å². The summed E-state index contributed by atoms with van der Waals surface area (Å²) >= 11 is 0. The smallest absolute Gasteiger partial charge is 0.317 e. The zero-order chi connectivity index (χ0) is 14.4. The Hall–Kier alpha value is -1.30. The molecule has 0 aromatic heterocycles. The number of amides is 2. The van der Waals surface area contributed by atoms with Gasteiger partial charge in [-0.2, -0.15) is 0 Å². The van der Waals surface area contributed by atoms with Gasteiger partial charge in [-0.25, -0.2) is 4.79 Å². The molecule has 0 bridgehead atoms. The molecule has 0 radical (unpaired) electrons. The van der Waals surface area contributed by atoms with Crippen molar-refractivity contribution in [3.63, 3.8) is 0 Å². The summed E-state index contributed by atoms with van der Waals surface area (Å²) in [6, 6.07) is 0.506. The number of aliphatic carboxylic acids is 1. The van der Waals surface area contributed by atoms with Crippen LogP contribution in [0.4, 0.5) is 4.79 Å². The fourth-order valence-electron chi connectivity index (χ4n) is 1.91. The molecule has 6 heteroatoms. The maximum Gasteiger partial charge on any atom is 0.317 e. The summed E-state index contributed by atoms with van der Waals surface area (Å²) in [6.45, 7) is 5.66. The van der Waals surface area contributed by atoms with Gasteiger partial charge in [0.15, 0.2) is 0 Å². The van der Waals surface area contributed by atoms with Crippen LogP contribution in [0.1, 0.15) is 26.7 Å². The van der Waals surface area contributed by atoms with Crippen LogP contribution in [0.15, 0.2) is 0 Å². The van der Waals surface area contributed by atoms with E-state index in [0.29, 0.717) is 19.1 Å². The van der Waals surface area contributed by atoms with Crippen LogP contribution in [0.2, 0.25) is 0 Å². The zero-order valence-corrected chi connectivity index (χ0v) is 12.1. The number of nitrogens with zero attached hydrogens (tertiary/aromatic N) is 2. The first kappa shape index (κ1) is 15.8. The molecule has 0 aromatic carbocycles. The molecule has 1 aliphatic rings. The molecule has 1 aliphatic carbocycles. The van der Waals surface area contributed by atoms with Crippen LogP contribution in [0.3, 0.4) is 0 Å². The van der Waals surface area contributed by atoms with Crippen molar-refractivity contribution in [3.05, 3.63) is 0 Å². The van der Waals surface area contributed by atoms with E-state index in [-0.39, 0.29) is 12.6 Å². The van der Waals surface area contributed by atoms with Crippen LogP contribution in [0, 0.1) is 5.92 Å². The number of rotatable bonds is 8. The third-order valence-corrected chi connectivity index (χ3v) is 3.50. The third-order valence-electron chi connectivity index (χ3n) is 3.50. The Morgan fingerprint density at radius 3 is 2.53 bits per heavy atom. The van der Waals surface area contributed by atoms with Crippen molar-refractivity contribution in [2.75, 3.05) is 33.2 Å². The maximum absolute atomic E-state index is 11.9. The van der Waals surface area contributed by atoms with Crippen LogP contribution in [0.5, 0.6) is 0 Å². The number of nitrogens with one attached hydrogen (secondary N) is 1. The van der Waals surface area contributed by atoms with Crippen molar-refractivity contribution in [1.29, 1.82) is 0 Å². The zero-order valence-electron chi connectivity index (χ0n) is 12.1. The van der Waals surface area contributed by atoms with E-state index in [1.54, 1.807) is 6.92 Å². The largest absolute Gasteiger partial charge is 0.481 e. The van der Waals surface area contributed by atoms with Gasteiger partial charge < -0.3 is 20.2 Å². The number of likely N-dealkylation sites (N-methyl/N-ethyl adjacent to an activating group) is 1. The lowest BCUT2D eigenvalue weighted by Gasteiger charge is -2.24. The molecule has 110 valence electrons. The van der Waals surface area contributed by atoms with Gasteiger partial charge >= 0.3 is 12.0 Å². The van der Waals surface area contributed by atoms with Crippen molar-refractivity contribution >= 4 is 12.0 Å². The topological polar surface area (TPSA) is 72.9 Å². The second-order valence-electron chi connectivity index (χ2n) is 5.22. The second-order valence-corrected chi connectivity index (χ2v) is 5.22.